The normalized spacial score (nSPS) is 18.8. The van der Waals surface area contributed by atoms with Gasteiger partial charge >= 0.3 is 0 Å². The minimum atomic E-state index is 0.0740. The molecule has 1 atom stereocenters. The van der Waals surface area contributed by atoms with Crippen LogP contribution in [0.15, 0.2) is 73.3 Å². The number of rotatable bonds is 4. The van der Waals surface area contributed by atoms with Gasteiger partial charge in [0.25, 0.3) is 0 Å². The maximum absolute atomic E-state index is 13.2. The zero-order chi connectivity index (χ0) is 19.6. The van der Waals surface area contributed by atoms with E-state index >= 15 is 0 Å². The van der Waals surface area contributed by atoms with Crippen LogP contribution < -0.4 is 0 Å². The zero-order valence-corrected chi connectivity index (χ0v) is 16.3. The Bertz CT molecular complexity index is 1030. The lowest BCUT2D eigenvalue weighted by atomic mass is 9.88. The van der Waals surface area contributed by atoms with Crippen LogP contribution in [0.3, 0.4) is 0 Å². The van der Waals surface area contributed by atoms with Gasteiger partial charge in [0.2, 0.25) is 5.91 Å². The van der Waals surface area contributed by atoms with Gasteiger partial charge in [-0.05, 0) is 35.6 Å². The molecule has 0 unspecified atom stereocenters. The third-order valence-electron chi connectivity index (χ3n) is 6.00. The molecule has 2 aromatic heterocycles. The summed E-state index contributed by atoms with van der Waals surface area (Å²) in [6.45, 7) is 2.09. The van der Waals surface area contributed by atoms with Crippen molar-refractivity contribution in [2.24, 2.45) is 5.92 Å². The molecule has 0 bridgehead atoms. The second kappa shape index (κ2) is 7.66. The summed E-state index contributed by atoms with van der Waals surface area (Å²) >= 11 is 0. The van der Waals surface area contributed by atoms with Crippen molar-refractivity contribution in [1.29, 1.82) is 0 Å². The van der Waals surface area contributed by atoms with Crippen LogP contribution >= 0.6 is 0 Å². The minimum Gasteiger partial charge on any atom is -0.337 e. The van der Waals surface area contributed by atoms with Crippen LogP contribution in [0.5, 0.6) is 0 Å². The number of benzene rings is 1. The number of hydrogen-bond donors (Lipinski definition) is 0. The number of amides is 1. The standard InChI is InChI=1S/C24H24N4O/c29-24(19-7-1-2-8-19)28-16-20-9-3-4-10-21(20)22(17-28)23-26-12-13-27(23)15-18-6-5-11-25-14-18/h1-6,9-14,19,22H,7-8,15-17H2/t22-/m0/s1. The van der Waals surface area contributed by atoms with Crippen molar-refractivity contribution in [2.75, 3.05) is 6.54 Å². The van der Waals surface area contributed by atoms with Crippen LogP contribution in [0.4, 0.5) is 0 Å². The highest BCUT2D eigenvalue weighted by Crippen LogP contribution is 2.34. The molecule has 5 nitrogen and oxygen atoms in total. The van der Waals surface area contributed by atoms with Gasteiger partial charge in [-0.3, -0.25) is 9.78 Å². The highest BCUT2D eigenvalue weighted by atomic mass is 16.2. The van der Waals surface area contributed by atoms with Crippen LogP contribution in [0.2, 0.25) is 0 Å². The first-order valence-corrected chi connectivity index (χ1v) is 10.2. The molecule has 0 saturated carbocycles. The Morgan fingerprint density at radius 1 is 1.07 bits per heavy atom. The molecule has 0 radical (unpaired) electrons. The largest absolute Gasteiger partial charge is 0.337 e. The molecule has 1 amide bonds. The minimum absolute atomic E-state index is 0.0740. The topological polar surface area (TPSA) is 51.0 Å². The van der Waals surface area contributed by atoms with Crippen molar-refractivity contribution in [1.82, 2.24) is 19.4 Å². The van der Waals surface area contributed by atoms with E-state index in [1.807, 2.05) is 29.6 Å². The van der Waals surface area contributed by atoms with Crippen LogP contribution in [0, 0.1) is 5.92 Å². The second-order valence-corrected chi connectivity index (χ2v) is 7.88. The summed E-state index contributed by atoms with van der Waals surface area (Å²) in [5.41, 5.74) is 3.64. The summed E-state index contributed by atoms with van der Waals surface area (Å²) < 4.78 is 2.18. The van der Waals surface area contributed by atoms with Gasteiger partial charge in [0.1, 0.15) is 5.82 Å². The van der Waals surface area contributed by atoms with Gasteiger partial charge < -0.3 is 9.47 Å². The molecule has 146 valence electrons. The van der Waals surface area contributed by atoms with Gasteiger partial charge in [0, 0.05) is 43.8 Å². The molecule has 1 aliphatic heterocycles. The monoisotopic (exact) mass is 384 g/mol. The van der Waals surface area contributed by atoms with Crippen molar-refractivity contribution < 1.29 is 4.79 Å². The summed E-state index contributed by atoms with van der Waals surface area (Å²) in [5.74, 6) is 1.43. The predicted octanol–water partition coefficient (Wildman–Crippen LogP) is 3.77. The summed E-state index contributed by atoms with van der Waals surface area (Å²) in [7, 11) is 0. The van der Waals surface area contributed by atoms with Crippen molar-refractivity contribution in [3.63, 3.8) is 0 Å². The van der Waals surface area contributed by atoms with Crippen LogP contribution in [0.1, 0.15) is 41.3 Å². The number of fused-ring (bicyclic) bond motifs is 1. The number of carbonyl (C=O) groups is 1. The van der Waals surface area contributed by atoms with Crippen molar-refractivity contribution in [3.05, 3.63) is 95.9 Å². The molecule has 5 heteroatoms. The van der Waals surface area contributed by atoms with Crippen molar-refractivity contribution in [2.45, 2.75) is 31.8 Å². The molecule has 29 heavy (non-hydrogen) atoms. The first kappa shape index (κ1) is 17.9. The lowest BCUT2D eigenvalue weighted by molar-refractivity contribution is -0.136. The maximum atomic E-state index is 13.2. The second-order valence-electron chi connectivity index (χ2n) is 7.88. The Kier molecular flexibility index (Phi) is 4.72. The fourth-order valence-corrected chi connectivity index (χ4v) is 4.53. The number of aromatic nitrogens is 3. The van der Waals surface area contributed by atoms with Gasteiger partial charge in [0.05, 0.1) is 12.5 Å². The third kappa shape index (κ3) is 3.48. The molecule has 1 aliphatic carbocycles. The first-order chi connectivity index (χ1) is 14.3. The Labute approximate surface area is 170 Å². The van der Waals surface area contributed by atoms with E-state index < -0.39 is 0 Å². The van der Waals surface area contributed by atoms with E-state index in [0.717, 1.165) is 30.8 Å². The molecule has 3 aromatic rings. The SMILES string of the molecule is O=C(C1CC=CC1)N1Cc2ccccc2[C@@H](c2nccn2Cc2cccnc2)C1. The van der Waals surface area contributed by atoms with Crippen LogP contribution in [-0.2, 0) is 17.9 Å². The molecular formula is C24H24N4O. The van der Waals surface area contributed by atoms with E-state index in [0.29, 0.717) is 13.1 Å². The van der Waals surface area contributed by atoms with Crippen molar-refractivity contribution in [3.8, 4) is 0 Å². The Balaban J connectivity index is 1.47. The van der Waals surface area contributed by atoms with Gasteiger partial charge in [0.15, 0.2) is 0 Å². The summed E-state index contributed by atoms with van der Waals surface area (Å²) in [6.07, 6.45) is 13.5. The lowest BCUT2D eigenvalue weighted by Crippen LogP contribution is -2.42. The van der Waals surface area contributed by atoms with E-state index in [1.165, 1.54) is 11.1 Å². The summed E-state index contributed by atoms with van der Waals surface area (Å²) in [4.78, 5) is 24.1. The number of hydrogen-bond acceptors (Lipinski definition) is 3. The summed E-state index contributed by atoms with van der Waals surface area (Å²) in [6, 6.07) is 12.5. The van der Waals surface area contributed by atoms with E-state index in [-0.39, 0.29) is 17.7 Å². The third-order valence-corrected chi connectivity index (χ3v) is 6.00. The van der Waals surface area contributed by atoms with E-state index in [4.69, 9.17) is 4.98 Å². The van der Waals surface area contributed by atoms with Gasteiger partial charge in [-0.15, -0.1) is 0 Å². The van der Waals surface area contributed by atoms with E-state index in [2.05, 4.69) is 52.0 Å². The molecule has 0 saturated heterocycles. The average Bonchev–Trinajstić information content (AvgIpc) is 3.45. The highest BCUT2D eigenvalue weighted by molar-refractivity contribution is 5.80. The number of carbonyl (C=O) groups excluding carboxylic acids is 1. The number of imidazole rings is 1. The van der Waals surface area contributed by atoms with E-state index in [1.54, 1.807) is 6.20 Å². The number of nitrogens with zero attached hydrogens (tertiary/aromatic N) is 4. The lowest BCUT2D eigenvalue weighted by Gasteiger charge is -2.36. The van der Waals surface area contributed by atoms with Gasteiger partial charge in [-0.25, -0.2) is 4.98 Å². The fourth-order valence-electron chi connectivity index (χ4n) is 4.53. The molecule has 3 heterocycles. The average molecular weight is 384 g/mol. The Hall–Kier alpha value is -3.21. The quantitative estimate of drug-likeness (QED) is 0.644. The van der Waals surface area contributed by atoms with Crippen LogP contribution in [-0.4, -0.2) is 31.9 Å². The smallest absolute Gasteiger partial charge is 0.226 e. The van der Waals surface area contributed by atoms with E-state index in [9.17, 15) is 4.79 Å². The Morgan fingerprint density at radius 2 is 1.93 bits per heavy atom. The highest BCUT2D eigenvalue weighted by Gasteiger charge is 2.34. The predicted molar refractivity (Wildman–Crippen MR) is 111 cm³/mol. The first-order valence-electron chi connectivity index (χ1n) is 10.2. The fraction of sp³-hybridized carbons (Fsp3) is 0.292. The number of pyridine rings is 1. The summed E-state index contributed by atoms with van der Waals surface area (Å²) in [5, 5.41) is 0. The maximum Gasteiger partial charge on any atom is 0.226 e. The molecule has 0 fully saturated rings. The molecule has 0 N–H and O–H groups in total. The van der Waals surface area contributed by atoms with Gasteiger partial charge in [-0.2, -0.15) is 0 Å². The number of allylic oxidation sites excluding steroid dienone is 2. The molecule has 5 rings (SSSR count). The molecular weight excluding hydrogens is 360 g/mol. The van der Waals surface area contributed by atoms with Crippen LogP contribution in [0.25, 0.3) is 0 Å². The Morgan fingerprint density at radius 3 is 2.76 bits per heavy atom. The molecule has 0 spiro atoms. The van der Waals surface area contributed by atoms with Crippen molar-refractivity contribution >= 4 is 5.91 Å². The van der Waals surface area contributed by atoms with Gasteiger partial charge in [-0.1, -0.05) is 42.5 Å². The zero-order valence-electron chi connectivity index (χ0n) is 16.3. The molecule has 1 aromatic carbocycles. The molecule has 2 aliphatic rings.